The lowest BCUT2D eigenvalue weighted by Crippen LogP contribution is -2.42. The third kappa shape index (κ3) is 3.76. The van der Waals surface area contributed by atoms with E-state index >= 15 is 0 Å². The first-order chi connectivity index (χ1) is 7.10. The van der Waals surface area contributed by atoms with E-state index in [1.54, 1.807) is 0 Å². The van der Waals surface area contributed by atoms with Gasteiger partial charge in [-0.1, -0.05) is 26.2 Å². The molecular weight excluding hydrogens is 184 g/mol. The first kappa shape index (κ1) is 13.0. The summed E-state index contributed by atoms with van der Waals surface area (Å²) in [7, 11) is 0. The van der Waals surface area contributed by atoms with E-state index in [0.29, 0.717) is 5.54 Å². The first-order valence-electron chi connectivity index (χ1n) is 6.55. The molecule has 0 bridgehead atoms. The lowest BCUT2D eigenvalue weighted by molar-refractivity contribution is 0.135. The van der Waals surface area contributed by atoms with E-state index in [1.807, 2.05) is 0 Å². The van der Waals surface area contributed by atoms with Crippen molar-refractivity contribution < 1.29 is 0 Å². The number of hydrogen-bond donors (Lipinski definition) is 1. The van der Waals surface area contributed by atoms with E-state index in [0.717, 1.165) is 12.5 Å². The molecule has 1 rings (SSSR count). The van der Waals surface area contributed by atoms with Gasteiger partial charge in [-0.05, 0) is 45.7 Å². The van der Waals surface area contributed by atoms with Crippen molar-refractivity contribution in [1.82, 2.24) is 4.90 Å². The van der Waals surface area contributed by atoms with Gasteiger partial charge in [0, 0.05) is 12.1 Å². The summed E-state index contributed by atoms with van der Waals surface area (Å²) in [5.74, 6) is 0.746. The van der Waals surface area contributed by atoms with Crippen LogP contribution in [0.1, 0.15) is 52.9 Å². The van der Waals surface area contributed by atoms with E-state index < -0.39 is 0 Å². The van der Waals surface area contributed by atoms with E-state index in [9.17, 15) is 0 Å². The summed E-state index contributed by atoms with van der Waals surface area (Å²) in [6.45, 7) is 10.4. The zero-order valence-corrected chi connectivity index (χ0v) is 10.8. The minimum atomic E-state index is 0.388. The van der Waals surface area contributed by atoms with Crippen LogP contribution in [0.15, 0.2) is 0 Å². The minimum absolute atomic E-state index is 0.388. The largest absolute Gasteiger partial charge is 0.330 e. The summed E-state index contributed by atoms with van der Waals surface area (Å²) >= 11 is 0. The van der Waals surface area contributed by atoms with Crippen LogP contribution in [0, 0.1) is 5.92 Å². The van der Waals surface area contributed by atoms with Crippen molar-refractivity contribution in [2.24, 2.45) is 11.7 Å². The van der Waals surface area contributed by atoms with Gasteiger partial charge in [0.1, 0.15) is 0 Å². The molecule has 1 fully saturated rings. The molecule has 1 heterocycles. The molecule has 0 aromatic heterocycles. The van der Waals surface area contributed by atoms with Crippen LogP contribution in [0.2, 0.25) is 0 Å². The maximum absolute atomic E-state index is 5.73. The lowest BCUT2D eigenvalue weighted by Gasteiger charge is -2.36. The molecule has 15 heavy (non-hydrogen) atoms. The molecule has 2 N–H and O–H groups in total. The summed E-state index contributed by atoms with van der Waals surface area (Å²) in [6, 6.07) is 0. The molecule has 0 amide bonds. The Balaban J connectivity index is 2.33. The molecule has 90 valence electrons. The number of unbranched alkanes of at least 4 members (excludes halogenated alkanes) is 2. The molecule has 1 aliphatic heterocycles. The minimum Gasteiger partial charge on any atom is -0.330 e. The maximum Gasteiger partial charge on any atom is 0.0153 e. The van der Waals surface area contributed by atoms with Gasteiger partial charge in [0.25, 0.3) is 0 Å². The second-order valence-corrected chi connectivity index (χ2v) is 5.61. The van der Waals surface area contributed by atoms with Crippen molar-refractivity contribution in [1.29, 1.82) is 0 Å². The highest BCUT2D eigenvalue weighted by atomic mass is 15.2. The molecule has 0 radical (unpaired) electrons. The highest BCUT2D eigenvalue weighted by Gasteiger charge is 2.32. The Morgan fingerprint density at radius 3 is 2.60 bits per heavy atom. The number of hydrogen-bond acceptors (Lipinski definition) is 2. The third-order valence-corrected chi connectivity index (χ3v) is 3.87. The van der Waals surface area contributed by atoms with Crippen molar-refractivity contribution in [2.45, 2.75) is 58.4 Å². The van der Waals surface area contributed by atoms with E-state index in [-0.39, 0.29) is 0 Å². The SMILES string of the molecule is CCCCCC(C)(C)N1CCC(CN)C1. The maximum atomic E-state index is 5.73. The molecule has 0 aromatic rings. The van der Waals surface area contributed by atoms with Gasteiger partial charge in [0.2, 0.25) is 0 Å². The van der Waals surface area contributed by atoms with Gasteiger partial charge < -0.3 is 5.73 Å². The second-order valence-electron chi connectivity index (χ2n) is 5.61. The normalized spacial score (nSPS) is 23.6. The first-order valence-corrected chi connectivity index (χ1v) is 6.55. The quantitative estimate of drug-likeness (QED) is 0.686. The van der Waals surface area contributed by atoms with Crippen molar-refractivity contribution in [3.8, 4) is 0 Å². The number of nitrogens with zero attached hydrogens (tertiary/aromatic N) is 1. The van der Waals surface area contributed by atoms with Gasteiger partial charge in [-0.15, -0.1) is 0 Å². The summed E-state index contributed by atoms with van der Waals surface area (Å²) in [6.07, 6.45) is 6.69. The van der Waals surface area contributed by atoms with E-state index in [2.05, 4.69) is 25.7 Å². The topological polar surface area (TPSA) is 29.3 Å². The van der Waals surface area contributed by atoms with Crippen LogP contribution in [-0.2, 0) is 0 Å². The number of likely N-dealkylation sites (tertiary alicyclic amines) is 1. The Kier molecular flexibility index (Phi) is 5.07. The molecular formula is C13H28N2. The number of nitrogens with two attached hydrogens (primary N) is 1. The zero-order valence-electron chi connectivity index (χ0n) is 10.8. The predicted octanol–water partition coefficient (Wildman–Crippen LogP) is 2.63. The molecule has 0 spiro atoms. The molecule has 2 heteroatoms. The Bertz CT molecular complexity index is 177. The molecule has 0 aliphatic carbocycles. The second kappa shape index (κ2) is 5.86. The Morgan fingerprint density at radius 2 is 2.07 bits per heavy atom. The standard InChI is InChI=1S/C13H28N2/c1-4-5-6-8-13(2,3)15-9-7-12(10-14)11-15/h12H,4-11,14H2,1-3H3. The van der Waals surface area contributed by atoms with Crippen LogP contribution in [0.3, 0.4) is 0 Å². The Hall–Kier alpha value is -0.0800. The van der Waals surface area contributed by atoms with Gasteiger partial charge in [0.05, 0.1) is 0 Å². The lowest BCUT2D eigenvalue weighted by atomic mass is 9.95. The van der Waals surface area contributed by atoms with Crippen LogP contribution in [0.4, 0.5) is 0 Å². The molecule has 1 saturated heterocycles. The van der Waals surface area contributed by atoms with Crippen molar-refractivity contribution in [3.63, 3.8) is 0 Å². The van der Waals surface area contributed by atoms with Crippen molar-refractivity contribution in [3.05, 3.63) is 0 Å². The van der Waals surface area contributed by atoms with Gasteiger partial charge in [-0.25, -0.2) is 0 Å². The molecule has 0 saturated carbocycles. The fourth-order valence-electron chi connectivity index (χ4n) is 2.54. The van der Waals surface area contributed by atoms with Crippen LogP contribution in [0.5, 0.6) is 0 Å². The summed E-state index contributed by atoms with van der Waals surface area (Å²) < 4.78 is 0. The highest BCUT2D eigenvalue weighted by molar-refractivity contribution is 4.88. The fraction of sp³-hybridized carbons (Fsp3) is 1.00. The number of rotatable bonds is 6. The fourth-order valence-corrected chi connectivity index (χ4v) is 2.54. The molecule has 1 atom stereocenters. The molecule has 1 aliphatic rings. The summed E-state index contributed by atoms with van der Waals surface area (Å²) in [5, 5.41) is 0. The van der Waals surface area contributed by atoms with Crippen LogP contribution in [0.25, 0.3) is 0 Å². The van der Waals surface area contributed by atoms with E-state index in [4.69, 9.17) is 5.73 Å². The van der Waals surface area contributed by atoms with Crippen molar-refractivity contribution >= 4 is 0 Å². The predicted molar refractivity (Wildman–Crippen MR) is 67.0 cm³/mol. The average Bonchev–Trinajstić information content (AvgIpc) is 2.66. The van der Waals surface area contributed by atoms with Gasteiger partial charge in [-0.2, -0.15) is 0 Å². The Labute approximate surface area is 95.2 Å². The molecule has 2 nitrogen and oxygen atoms in total. The van der Waals surface area contributed by atoms with Crippen molar-refractivity contribution in [2.75, 3.05) is 19.6 Å². The van der Waals surface area contributed by atoms with Crippen LogP contribution < -0.4 is 5.73 Å². The zero-order chi connectivity index (χ0) is 11.3. The van der Waals surface area contributed by atoms with Crippen LogP contribution >= 0.6 is 0 Å². The summed E-state index contributed by atoms with van der Waals surface area (Å²) in [5.41, 5.74) is 6.12. The van der Waals surface area contributed by atoms with E-state index in [1.165, 1.54) is 45.2 Å². The van der Waals surface area contributed by atoms with Gasteiger partial charge in [0.15, 0.2) is 0 Å². The third-order valence-electron chi connectivity index (χ3n) is 3.87. The highest BCUT2D eigenvalue weighted by Crippen LogP contribution is 2.28. The summed E-state index contributed by atoms with van der Waals surface area (Å²) in [4.78, 5) is 2.64. The molecule has 0 aromatic carbocycles. The molecule has 1 unspecified atom stereocenters. The monoisotopic (exact) mass is 212 g/mol. The van der Waals surface area contributed by atoms with Gasteiger partial charge in [-0.3, -0.25) is 4.90 Å². The van der Waals surface area contributed by atoms with Crippen LogP contribution in [-0.4, -0.2) is 30.1 Å². The van der Waals surface area contributed by atoms with Gasteiger partial charge >= 0.3 is 0 Å². The smallest absolute Gasteiger partial charge is 0.0153 e. The Morgan fingerprint density at radius 1 is 1.33 bits per heavy atom. The average molecular weight is 212 g/mol.